The Balaban J connectivity index is 1.84. The van der Waals surface area contributed by atoms with Gasteiger partial charge in [-0.05, 0) is 35.9 Å². The van der Waals surface area contributed by atoms with Gasteiger partial charge in [0.1, 0.15) is 5.75 Å². The van der Waals surface area contributed by atoms with Crippen LogP contribution in [0.5, 0.6) is 5.75 Å². The van der Waals surface area contributed by atoms with E-state index < -0.39 is 41.5 Å². The average molecular weight is 410 g/mol. The molecule has 1 amide bonds. The molecule has 1 N–H and O–H groups in total. The van der Waals surface area contributed by atoms with E-state index in [4.69, 9.17) is 4.74 Å². The SMILES string of the molecule is O=C(COC(=O)/C=C/c1ccc(OC(F)F)cc1)Nc1ccc(F)c([N+](=O)[O-])c1. The molecule has 0 saturated carbocycles. The summed E-state index contributed by atoms with van der Waals surface area (Å²) in [5.41, 5.74) is -0.361. The van der Waals surface area contributed by atoms with Gasteiger partial charge in [-0.25, -0.2) is 4.79 Å². The summed E-state index contributed by atoms with van der Waals surface area (Å²) in [5, 5.41) is 12.9. The number of amides is 1. The van der Waals surface area contributed by atoms with Gasteiger partial charge in [0.25, 0.3) is 5.91 Å². The molecule has 2 aromatic carbocycles. The third-order valence-corrected chi connectivity index (χ3v) is 3.29. The lowest BCUT2D eigenvalue weighted by Gasteiger charge is -2.06. The molecule has 0 aromatic heterocycles. The number of hydrogen-bond donors (Lipinski definition) is 1. The Hall–Kier alpha value is -3.89. The van der Waals surface area contributed by atoms with Crippen LogP contribution in [0.1, 0.15) is 5.56 Å². The van der Waals surface area contributed by atoms with Crippen molar-refractivity contribution in [1.82, 2.24) is 0 Å². The van der Waals surface area contributed by atoms with Crippen molar-refractivity contribution in [3.63, 3.8) is 0 Å². The summed E-state index contributed by atoms with van der Waals surface area (Å²) in [6.45, 7) is -3.63. The van der Waals surface area contributed by atoms with Crippen LogP contribution < -0.4 is 10.1 Å². The van der Waals surface area contributed by atoms with Crippen molar-refractivity contribution in [3.8, 4) is 5.75 Å². The van der Waals surface area contributed by atoms with E-state index in [0.717, 1.165) is 24.3 Å². The number of carbonyl (C=O) groups excluding carboxylic acids is 2. The minimum Gasteiger partial charge on any atom is -0.452 e. The number of nitro benzene ring substituents is 1. The summed E-state index contributed by atoms with van der Waals surface area (Å²) < 4.78 is 46.2. The predicted octanol–water partition coefficient (Wildman–Crippen LogP) is 3.53. The summed E-state index contributed by atoms with van der Waals surface area (Å²) in [5.74, 6) is -2.75. The highest BCUT2D eigenvalue weighted by Crippen LogP contribution is 2.21. The summed E-state index contributed by atoms with van der Waals surface area (Å²) >= 11 is 0. The van der Waals surface area contributed by atoms with E-state index in [-0.39, 0.29) is 11.4 Å². The number of esters is 1. The van der Waals surface area contributed by atoms with E-state index in [1.165, 1.54) is 30.3 Å². The number of nitrogens with one attached hydrogen (secondary N) is 1. The maximum atomic E-state index is 13.2. The van der Waals surface area contributed by atoms with Crippen LogP contribution in [0.4, 0.5) is 24.5 Å². The Morgan fingerprint density at radius 3 is 2.48 bits per heavy atom. The van der Waals surface area contributed by atoms with E-state index in [0.29, 0.717) is 5.56 Å². The first-order chi connectivity index (χ1) is 13.7. The molecule has 2 rings (SSSR count). The second kappa shape index (κ2) is 9.88. The number of alkyl halides is 2. The first kappa shape index (κ1) is 21.4. The van der Waals surface area contributed by atoms with E-state index >= 15 is 0 Å². The van der Waals surface area contributed by atoms with Gasteiger partial charge >= 0.3 is 18.3 Å². The molecule has 0 atom stereocenters. The van der Waals surface area contributed by atoms with Gasteiger partial charge < -0.3 is 14.8 Å². The molecule has 0 aliphatic heterocycles. The number of anilines is 1. The zero-order chi connectivity index (χ0) is 21.4. The van der Waals surface area contributed by atoms with Crippen LogP contribution in [0.3, 0.4) is 0 Å². The van der Waals surface area contributed by atoms with Crippen LogP contribution in [0.25, 0.3) is 6.08 Å². The number of rotatable bonds is 8. The van der Waals surface area contributed by atoms with Crippen molar-refractivity contribution >= 4 is 29.3 Å². The van der Waals surface area contributed by atoms with Gasteiger partial charge in [0, 0.05) is 17.8 Å². The molecular weight excluding hydrogens is 397 g/mol. The van der Waals surface area contributed by atoms with Gasteiger partial charge in [0.2, 0.25) is 5.82 Å². The summed E-state index contributed by atoms with van der Waals surface area (Å²) in [4.78, 5) is 33.1. The van der Waals surface area contributed by atoms with Gasteiger partial charge in [-0.1, -0.05) is 12.1 Å². The van der Waals surface area contributed by atoms with Gasteiger partial charge in [0.05, 0.1) is 4.92 Å². The van der Waals surface area contributed by atoms with Crippen LogP contribution in [0.15, 0.2) is 48.5 Å². The Morgan fingerprint density at radius 1 is 1.17 bits per heavy atom. The normalized spacial score (nSPS) is 10.8. The molecule has 2 aromatic rings. The number of nitro groups is 1. The highest BCUT2D eigenvalue weighted by Gasteiger charge is 2.15. The average Bonchev–Trinajstić information content (AvgIpc) is 2.66. The molecule has 0 unspecified atom stereocenters. The number of hydrogen-bond acceptors (Lipinski definition) is 6. The molecule has 0 bridgehead atoms. The highest BCUT2D eigenvalue weighted by atomic mass is 19.3. The van der Waals surface area contributed by atoms with E-state index in [1.807, 2.05) is 0 Å². The number of carbonyl (C=O) groups is 2. The molecule has 0 saturated heterocycles. The van der Waals surface area contributed by atoms with Crippen LogP contribution in [-0.2, 0) is 14.3 Å². The molecule has 0 radical (unpaired) electrons. The Labute approximate surface area is 161 Å². The lowest BCUT2D eigenvalue weighted by Crippen LogP contribution is -2.20. The fourth-order valence-electron chi connectivity index (χ4n) is 2.04. The van der Waals surface area contributed by atoms with Crippen LogP contribution in [-0.4, -0.2) is 30.0 Å². The van der Waals surface area contributed by atoms with Crippen LogP contribution >= 0.6 is 0 Å². The van der Waals surface area contributed by atoms with Gasteiger partial charge in [-0.3, -0.25) is 14.9 Å². The second-order valence-electron chi connectivity index (χ2n) is 5.36. The molecule has 0 aliphatic rings. The van der Waals surface area contributed by atoms with Crippen LogP contribution in [0, 0.1) is 15.9 Å². The maximum Gasteiger partial charge on any atom is 0.387 e. The topological polar surface area (TPSA) is 108 Å². The standard InChI is InChI=1S/C18H13F3N2O6/c19-14-7-4-12(9-15(14)23(26)27)22-16(24)10-28-17(25)8-3-11-1-5-13(6-2-11)29-18(20)21/h1-9,18H,10H2,(H,22,24)/b8-3+. The van der Waals surface area contributed by atoms with Crippen molar-refractivity contribution in [2.24, 2.45) is 0 Å². The Bertz CT molecular complexity index is 932. The maximum absolute atomic E-state index is 13.2. The van der Waals surface area contributed by atoms with Gasteiger partial charge in [0.15, 0.2) is 6.61 Å². The van der Waals surface area contributed by atoms with Crippen molar-refractivity contribution in [2.45, 2.75) is 6.61 Å². The first-order valence-electron chi connectivity index (χ1n) is 7.88. The van der Waals surface area contributed by atoms with E-state index in [9.17, 15) is 32.9 Å². The van der Waals surface area contributed by atoms with E-state index in [1.54, 1.807) is 0 Å². The lowest BCUT2D eigenvalue weighted by molar-refractivity contribution is -0.387. The van der Waals surface area contributed by atoms with Crippen molar-refractivity contribution in [1.29, 1.82) is 0 Å². The smallest absolute Gasteiger partial charge is 0.387 e. The summed E-state index contributed by atoms with van der Waals surface area (Å²) in [6.07, 6.45) is 2.34. The summed E-state index contributed by atoms with van der Waals surface area (Å²) in [7, 11) is 0. The highest BCUT2D eigenvalue weighted by molar-refractivity contribution is 5.94. The molecule has 11 heteroatoms. The number of ether oxygens (including phenoxy) is 2. The third kappa shape index (κ3) is 6.97. The molecule has 0 aliphatic carbocycles. The largest absolute Gasteiger partial charge is 0.452 e. The molecular formula is C18H13F3N2O6. The minimum absolute atomic E-state index is 0.0409. The Morgan fingerprint density at radius 2 is 1.86 bits per heavy atom. The molecule has 0 fully saturated rings. The lowest BCUT2D eigenvalue weighted by atomic mass is 10.2. The molecule has 152 valence electrons. The molecule has 0 spiro atoms. The van der Waals surface area contributed by atoms with E-state index in [2.05, 4.69) is 10.1 Å². The van der Waals surface area contributed by atoms with Crippen molar-refractivity contribution in [3.05, 3.63) is 70.0 Å². The monoisotopic (exact) mass is 410 g/mol. The minimum atomic E-state index is -2.95. The fourth-order valence-corrected chi connectivity index (χ4v) is 2.04. The second-order valence-corrected chi connectivity index (χ2v) is 5.36. The predicted molar refractivity (Wildman–Crippen MR) is 94.8 cm³/mol. The zero-order valence-electron chi connectivity index (χ0n) is 14.5. The quantitative estimate of drug-likeness (QED) is 0.309. The fraction of sp³-hybridized carbons (Fsp3) is 0.111. The van der Waals surface area contributed by atoms with Gasteiger partial charge in [-0.2, -0.15) is 13.2 Å². The zero-order valence-corrected chi connectivity index (χ0v) is 14.5. The first-order valence-corrected chi connectivity index (χ1v) is 7.88. The summed E-state index contributed by atoms with van der Waals surface area (Å²) in [6, 6.07) is 8.18. The number of nitrogens with zero attached hydrogens (tertiary/aromatic N) is 1. The van der Waals surface area contributed by atoms with Crippen molar-refractivity contribution in [2.75, 3.05) is 11.9 Å². The third-order valence-electron chi connectivity index (χ3n) is 3.29. The number of halogens is 3. The Kier molecular flexibility index (Phi) is 7.29. The molecule has 8 nitrogen and oxygen atoms in total. The number of benzene rings is 2. The van der Waals surface area contributed by atoms with Crippen LogP contribution in [0.2, 0.25) is 0 Å². The molecule has 29 heavy (non-hydrogen) atoms. The molecule has 0 heterocycles. The van der Waals surface area contributed by atoms with Crippen molar-refractivity contribution < 1.29 is 37.2 Å². The van der Waals surface area contributed by atoms with Gasteiger partial charge in [-0.15, -0.1) is 0 Å².